The van der Waals surface area contributed by atoms with E-state index in [1.807, 2.05) is 0 Å². The Hall–Kier alpha value is -5.50. The predicted molar refractivity (Wildman–Crippen MR) is 143 cm³/mol. The van der Waals surface area contributed by atoms with Crippen LogP contribution in [-0.2, 0) is 0 Å². The first-order valence-corrected chi connectivity index (χ1v) is 11.6. The summed E-state index contributed by atoms with van der Waals surface area (Å²) in [7, 11) is 0. The molecule has 0 aliphatic heterocycles. The second-order valence-corrected chi connectivity index (χ2v) is 8.49. The van der Waals surface area contributed by atoms with Crippen LogP contribution < -0.4 is 15.6 Å². The van der Waals surface area contributed by atoms with Gasteiger partial charge in [-0.15, -0.1) is 0 Å². The topological polar surface area (TPSA) is 113 Å². The van der Waals surface area contributed by atoms with Crippen molar-refractivity contribution in [3.05, 3.63) is 134 Å². The molecular weight excluding hydrogens is 486 g/mol. The zero-order valence-electron chi connectivity index (χ0n) is 19.6. The quantitative estimate of drug-likeness (QED) is 0.185. The van der Waals surface area contributed by atoms with Gasteiger partial charge in [0, 0.05) is 29.3 Å². The molecule has 184 valence electrons. The Morgan fingerprint density at radius 1 is 0.684 bits per heavy atom. The summed E-state index contributed by atoms with van der Waals surface area (Å²) in [6.07, 6.45) is 0. The highest BCUT2D eigenvalue weighted by molar-refractivity contribution is 5.82. The van der Waals surface area contributed by atoms with Gasteiger partial charge in [0.15, 0.2) is 11.2 Å². The van der Waals surface area contributed by atoms with Crippen LogP contribution in [0.3, 0.4) is 0 Å². The van der Waals surface area contributed by atoms with E-state index in [9.17, 15) is 19.7 Å². The fourth-order valence-electron chi connectivity index (χ4n) is 4.22. The third kappa shape index (κ3) is 4.10. The lowest BCUT2D eigenvalue weighted by Crippen LogP contribution is -2.07. The number of ether oxygens (including phenoxy) is 1. The molecule has 0 spiro atoms. The van der Waals surface area contributed by atoms with Crippen LogP contribution in [0.4, 0.5) is 5.69 Å². The van der Waals surface area contributed by atoms with E-state index in [1.54, 1.807) is 78.9 Å². The maximum atomic E-state index is 13.4. The summed E-state index contributed by atoms with van der Waals surface area (Å²) in [5, 5.41) is 12.1. The van der Waals surface area contributed by atoms with Gasteiger partial charge in [0.1, 0.15) is 22.7 Å². The Labute approximate surface area is 214 Å². The fourth-order valence-corrected chi connectivity index (χ4v) is 4.22. The van der Waals surface area contributed by atoms with Gasteiger partial charge < -0.3 is 13.6 Å². The summed E-state index contributed by atoms with van der Waals surface area (Å²) in [5.41, 5.74) is 1.05. The SMILES string of the molecule is O=c1cc(-c2ccc(Oc3c(-c4cccc([N+](=O)[O-])c4)oc4ccccc4c3=O)cc2)oc2ccccc12. The second-order valence-electron chi connectivity index (χ2n) is 8.49. The average Bonchev–Trinajstić information content (AvgIpc) is 2.95. The second kappa shape index (κ2) is 9.18. The summed E-state index contributed by atoms with van der Waals surface area (Å²) in [5.74, 6) is 0.685. The van der Waals surface area contributed by atoms with E-state index < -0.39 is 10.4 Å². The van der Waals surface area contributed by atoms with Crippen LogP contribution in [0.25, 0.3) is 44.6 Å². The number of para-hydroxylation sites is 2. The molecule has 38 heavy (non-hydrogen) atoms. The molecule has 8 heteroatoms. The van der Waals surface area contributed by atoms with Crippen LogP contribution in [0.2, 0.25) is 0 Å². The van der Waals surface area contributed by atoms with Crippen LogP contribution in [0, 0.1) is 10.1 Å². The minimum Gasteiger partial charge on any atom is -0.456 e. The van der Waals surface area contributed by atoms with E-state index in [1.165, 1.54) is 24.3 Å². The van der Waals surface area contributed by atoms with E-state index in [2.05, 4.69) is 0 Å². The number of non-ortho nitro benzene ring substituents is 1. The van der Waals surface area contributed by atoms with E-state index in [4.69, 9.17) is 13.6 Å². The lowest BCUT2D eigenvalue weighted by Gasteiger charge is -2.12. The summed E-state index contributed by atoms with van der Waals surface area (Å²) in [4.78, 5) is 36.7. The number of benzene rings is 4. The van der Waals surface area contributed by atoms with Gasteiger partial charge in [-0.3, -0.25) is 19.7 Å². The number of nitro benzene ring substituents is 1. The van der Waals surface area contributed by atoms with Gasteiger partial charge in [0.25, 0.3) is 5.69 Å². The third-order valence-electron chi connectivity index (χ3n) is 6.07. The van der Waals surface area contributed by atoms with Crippen LogP contribution in [0.1, 0.15) is 0 Å². The van der Waals surface area contributed by atoms with Gasteiger partial charge in [-0.1, -0.05) is 36.4 Å². The Morgan fingerprint density at radius 3 is 2.11 bits per heavy atom. The summed E-state index contributed by atoms with van der Waals surface area (Å²) in [6, 6.07) is 27.6. The van der Waals surface area contributed by atoms with Crippen LogP contribution in [-0.4, -0.2) is 4.92 Å². The van der Waals surface area contributed by atoms with Gasteiger partial charge in [-0.2, -0.15) is 0 Å². The number of hydrogen-bond donors (Lipinski definition) is 0. The van der Waals surface area contributed by atoms with Gasteiger partial charge in [-0.25, -0.2) is 0 Å². The number of nitrogens with zero attached hydrogens (tertiary/aromatic N) is 1. The van der Waals surface area contributed by atoms with E-state index in [-0.39, 0.29) is 22.6 Å². The number of fused-ring (bicyclic) bond motifs is 2. The first-order valence-electron chi connectivity index (χ1n) is 11.6. The standard InChI is InChI=1S/C30H17NO7/c32-24-17-27(37-25-10-3-1-8-22(24)25)18-12-14-21(15-13-18)36-30-28(33)23-9-2-4-11-26(23)38-29(30)19-6-5-7-20(16-19)31(34)35/h1-17H. The van der Waals surface area contributed by atoms with Crippen LogP contribution >= 0.6 is 0 Å². The smallest absolute Gasteiger partial charge is 0.270 e. The normalized spacial score (nSPS) is 11.1. The zero-order chi connectivity index (χ0) is 26.2. The van der Waals surface area contributed by atoms with Crippen molar-refractivity contribution < 1.29 is 18.5 Å². The van der Waals surface area contributed by atoms with Gasteiger partial charge >= 0.3 is 0 Å². The lowest BCUT2D eigenvalue weighted by atomic mass is 10.1. The average molecular weight is 503 g/mol. The third-order valence-corrected chi connectivity index (χ3v) is 6.07. The monoisotopic (exact) mass is 503 g/mol. The van der Waals surface area contributed by atoms with Crippen molar-refractivity contribution in [3.63, 3.8) is 0 Å². The Balaban J connectivity index is 1.43. The molecule has 0 saturated carbocycles. The van der Waals surface area contributed by atoms with Crippen molar-refractivity contribution in [3.8, 4) is 34.1 Å². The van der Waals surface area contributed by atoms with Crippen molar-refractivity contribution in [1.29, 1.82) is 0 Å². The largest absolute Gasteiger partial charge is 0.456 e. The number of nitro groups is 1. The molecule has 0 bridgehead atoms. The van der Waals surface area contributed by atoms with Gasteiger partial charge in [0.05, 0.1) is 15.7 Å². The molecule has 6 aromatic rings. The molecule has 0 amide bonds. The Morgan fingerprint density at radius 2 is 1.37 bits per heavy atom. The molecule has 6 rings (SSSR count). The molecule has 0 fully saturated rings. The molecule has 2 heterocycles. The van der Waals surface area contributed by atoms with Crippen LogP contribution in [0.15, 0.2) is 122 Å². The molecule has 4 aromatic carbocycles. The minimum atomic E-state index is -0.521. The van der Waals surface area contributed by atoms with Crippen LogP contribution in [0.5, 0.6) is 11.5 Å². The van der Waals surface area contributed by atoms with Crippen molar-refractivity contribution in [2.24, 2.45) is 0 Å². The maximum absolute atomic E-state index is 13.4. The fraction of sp³-hybridized carbons (Fsp3) is 0. The number of hydrogen-bond acceptors (Lipinski definition) is 7. The molecule has 0 unspecified atom stereocenters. The summed E-state index contributed by atoms with van der Waals surface area (Å²) >= 11 is 0. The van der Waals surface area contributed by atoms with Crippen molar-refractivity contribution in [1.82, 2.24) is 0 Å². The van der Waals surface area contributed by atoms with E-state index >= 15 is 0 Å². The molecule has 0 saturated heterocycles. The van der Waals surface area contributed by atoms with Crippen molar-refractivity contribution in [2.75, 3.05) is 0 Å². The molecular formula is C30H17NO7. The van der Waals surface area contributed by atoms with E-state index in [0.717, 1.165) is 0 Å². The van der Waals surface area contributed by atoms with Crippen molar-refractivity contribution >= 4 is 27.6 Å². The highest BCUT2D eigenvalue weighted by atomic mass is 16.6. The zero-order valence-corrected chi connectivity index (χ0v) is 19.6. The Bertz CT molecular complexity index is 1970. The first kappa shape index (κ1) is 22.9. The van der Waals surface area contributed by atoms with Gasteiger partial charge in [-0.05, 0) is 48.5 Å². The highest BCUT2D eigenvalue weighted by Gasteiger charge is 2.20. The highest BCUT2D eigenvalue weighted by Crippen LogP contribution is 2.35. The molecule has 0 aliphatic rings. The molecule has 0 radical (unpaired) electrons. The maximum Gasteiger partial charge on any atom is 0.270 e. The summed E-state index contributed by atoms with van der Waals surface area (Å²) in [6.45, 7) is 0. The number of rotatable bonds is 5. The molecule has 0 atom stereocenters. The first-order chi connectivity index (χ1) is 18.5. The van der Waals surface area contributed by atoms with Crippen molar-refractivity contribution in [2.45, 2.75) is 0 Å². The summed E-state index contributed by atoms with van der Waals surface area (Å²) < 4.78 is 17.9. The predicted octanol–water partition coefficient (Wildman–Crippen LogP) is 6.93. The molecule has 0 aliphatic carbocycles. The molecule has 0 N–H and O–H groups in total. The Kier molecular flexibility index (Phi) is 5.54. The molecule has 8 nitrogen and oxygen atoms in total. The lowest BCUT2D eigenvalue weighted by molar-refractivity contribution is -0.384. The van der Waals surface area contributed by atoms with Gasteiger partial charge in [0.2, 0.25) is 11.2 Å². The van der Waals surface area contributed by atoms with E-state index in [0.29, 0.717) is 44.6 Å². The minimum absolute atomic E-state index is 0.0713. The molecule has 2 aromatic heterocycles.